The molecule has 1 amide bonds. The molecule has 0 aromatic carbocycles. The van der Waals surface area contributed by atoms with E-state index in [-0.39, 0.29) is 5.41 Å². The summed E-state index contributed by atoms with van der Waals surface area (Å²) in [6, 6.07) is 2.12. The normalized spacial score (nSPS) is 38.4. The van der Waals surface area contributed by atoms with E-state index in [2.05, 4.69) is 20.2 Å². The van der Waals surface area contributed by atoms with Crippen LogP contribution in [0.4, 0.5) is 5.95 Å². The van der Waals surface area contributed by atoms with Crippen LogP contribution in [0.3, 0.4) is 0 Å². The van der Waals surface area contributed by atoms with Crippen LogP contribution >= 0.6 is 0 Å². The third-order valence-corrected chi connectivity index (χ3v) is 6.56. The number of anilines is 1. The van der Waals surface area contributed by atoms with Gasteiger partial charge in [-0.2, -0.15) is 0 Å². The van der Waals surface area contributed by atoms with Gasteiger partial charge in [0.1, 0.15) is 0 Å². The zero-order chi connectivity index (χ0) is 15.4. The standard InChI is InChI=1S/C18H24N4O/c23-16(18-7-12-4-13(8-18)6-14(5-12)9-18)22-10-15(11-22)21-17-19-2-1-3-20-17/h1-3,12-15H,4-11H2,(H,19,20,21). The van der Waals surface area contributed by atoms with E-state index >= 15 is 0 Å². The molecule has 1 N–H and O–H groups in total. The highest BCUT2D eigenvalue weighted by Gasteiger charge is 2.56. The molecule has 5 nitrogen and oxygen atoms in total. The predicted molar refractivity (Wildman–Crippen MR) is 86.6 cm³/mol. The second kappa shape index (κ2) is 4.92. The van der Waals surface area contributed by atoms with Crippen molar-refractivity contribution in [3.05, 3.63) is 18.5 Å². The molecule has 4 saturated carbocycles. The topological polar surface area (TPSA) is 58.1 Å². The highest BCUT2D eigenvalue weighted by Crippen LogP contribution is 2.60. The molecule has 0 radical (unpaired) electrons. The minimum atomic E-state index is 0.00294. The lowest BCUT2D eigenvalue weighted by molar-refractivity contribution is -0.161. The van der Waals surface area contributed by atoms with Gasteiger partial charge in [-0.1, -0.05) is 0 Å². The number of nitrogens with one attached hydrogen (secondary N) is 1. The predicted octanol–water partition coefficient (Wildman–Crippen LogP) is 2.32. The Balaban J connectivity index is 1.23. The Labute approximate surface area is 136 Å². The fraction of sp³-hybridized carbons (Fsp3) is 0.722. The first-order valence-electron chi connectivity index (χ1n) is 9.03. The Morgan fingerprint density at radius 3 is 2.17 bits per heavy atom. The number of rotatable bonds is 3. The lowest BCUT2D eigenvalue weighted by Gasteiger charge is -2.57. The molecule has 0 atom stereocenters. The Morgan fingerprint density at radius 2 is 1.61 bits per heavy atom. The van der Waals surface area contributed by atoms with Crippen molar-refractivity contribution in [1.29, 1.82) is 0 Å². The number of carbonyl (C=O) groups excluding carboxylic acids is 1. The molecule has 5 aliphatic rings. The van der Waals surface area contributed by atoms with Crippen LogP contribution in [-0.4, -0.2) is 39.9 Å². The summed E-state index contributed by atoms with van der Waals surface area (Å²) >= 11 is 0. The molecule has 1 aliphatic heterocycles. The van der Waals surface area contributed by atoms with Gasteiger partial charge in [0.2, 0.25) is 11.9 Å². The summed E-state index contributed by atoms with van der Waals surface area (Å²) < 4.78 is 0. The lowest BCUT2D eigenvalue weighted by atomic mass is 9.49. The van der Waals surface area contributed by atoms with Gasteiger partial charge in [-0.15, -0.1) is 0 Å². The van der Waals surface area contributed by atoms with E-state index < -0.39 is 0 Å². The zero-order valence-electron chi connectivity index (χ0n) is 13.4. The summed E-state index contributed by atoms with van der Waals surface area (Å²) in [4.78, 5) is 23.6. The third-order valence-electron chi connectivity index (χ3n) is 6.56. The summed E-state index contributed by atoms with van der Waals surface area (Å²) in [6.07, 6.45) is 11.1. The minimum absolute atomic E-state index is 0.00294. The van der Waals surface area contributed by atoms with Gasteiger partial charge in [-0.05, 0) is 62.3 Å². The van der Waals surface area contributed by atoms with Crippen LogP contribution in [-0.2, 0) is 4.79 Å². The molecule has 23 heavy (non-hydrogen) atoms. The number of likely N-dealkylation sites (tertiary alicyclic amines) is 1. The van der Waals surface area contributed by atoms with E-state index in [1.807, 2.05) is 6.07 Å². The molecule has 4 bridgehead atoms. The first kappa shape index (κ1) is 13.8. The average Bonchev–Trinajstić information content (AvgIpc) is 2.49. The third kappa shape index (κ3) is 2.24. The van der Waals surface area contributed by atoms with Crippen molar-refractivity contribution < 1.29 is 4.79 Å². The van der Waals surface area contributed by atoms with Gasteiger partial charge < -0.3 is 10.2 Å². The SMILES string of the molecule is O=C(N1CC(Nc2ncccn2)C1)C12CC3CC(CC(C3)C1)C2. The van der Waals surface area contributed by atoms with Crippen LogP contribution in [0.5, 0.6) is 0 Å². The summed E-state index contributed by atoms with van der Waals surface area (Å²) in [7, 11) is 0. The van der Waals surface area contributed by atoms with Gasteiger partial charge in [0.15, 0.2) is 0 Å². The molecular formula is C18H24N4O. The summed E-state index contributed by atoms with van der Waals surface area (Å²) in [5, 5.41) is 3.32. The molecular weight excluding hydrogens is 288 g/mol. The van der Waals surface area contributed by atoms with Crippen LogP contribution < -0.4 is 5.32 Å². The Hall–Kier alpha value is -1.65. The molecule has 2 heterocycles. The van der Waals surface area contributed by atoms with Gasteiger partial charge >= 0.3 is 0 Å². The highest BCUT2D eigenvalue weighted by molar-refractivity contribution is 5.84. The van der Waals surface area contributed by atoms with Crippen LogP contribution in [0.25, 0.3) is 0 Å². The van der Waals surface area contributed by atoms with Gasteiger partial charge in [0.25, 0.3) is 0 Å². The summed E-state index contributed by atoms with van der Waals surface area (Å²) in [5.74, 6) is 3.61. The van der Waals surface area contributed by atoms with Crippen molar-refractivity contribution in [2.24, 2.45) is 23.2 Å². The van der Waals surface area contributed by atoms with Crippen LogP contribution in [0.1, 0.15) is 38.5 Å². The Bertz CT molecular complexity index is 575. The minimum Gasteiger partial charge on any atom is -0.348 e. The number of amides is 1. The molecule has 0 unspecified atom stereocenters. The molecule has 5 fully saturated rings. The van der Waals surface area contributed by atoms with E-state index in [0.29, 0.717) is 17.9 Å². The van der Waals surface area contributed by atoms with Gasteiger partial charge in [0.05, 0.1) is 11.5 Å². The Kier molecular flexibility index (Phi) is 2.94. The van der Waals surface area contributed by atoms with Crippen molar-refractivity contribution in [3.63, 3.8) is 0 Å². The lowest BCUT2D eigenvalue weighted by Crippen LogP contribution is -2.63. The fourth-order valence-corrected chi connectivity index (χ4v) is 6.00. The summed E-state index contributed by atoms with van der Waals surface area (Å²) in [5.41, 5.74) is 0.00294. The van der Waals surface area contributed by atoms with Gasteiger partial charge in [0, 0.05) is 25.5 Å². The van der Waals surface area contributed by atoms with E-state index in [4.69, 9.17) is 0 Å². The molecule has 1 aromatic rings. The fourth-order valence-electron chi connectivity index (χ4n) is 6.00. The molecule has 1 saturated heterocycles. The van der Waals surface area contributed by atoms with E-state index in [9.17, 15) is 4.79 Å². The molecule has 6 rings (SSSR count). The Morgan fingerprint density at radius 1 is 1.04 bits per heavy atom. The van der Waals surface area contributed by atoms with Gasteiger partial charge in [-0.3, -0.25) is 4.79 Å². The van der Waals surface area contributed by atoms with E-state index in [1.54, 1.807) is 12.4 Å². The number of nitrogens with zero attached hydrogens (tertiary/aromatic N) is 3. The number of hydrogen-bond acceptors (Lipinski definition) is 4. The number of hydrogen-bond donors (Lipinski definition) is 1. The first-order chi connectivity index (χ1) is 11.2. The van der Waals surface area contributed by atoms with Crippen molar-refractivity contribution in [2.75, 3.05) is 18.4 Å². The van der Waals surface area contributed by atoms with E-state index in [1.165, 1.54) is 19.3 Å². The second-order valence-corrected chi connectivity index (χ2v) is 8.32. The van der Waals surface area contributed by atoms with Gasteiger partial charge in [-0.25, -0.2) is 9.97 Å². The van der Waals surface area contributed by atoms with Crippen molar-refractivity contribution in [1.82, 2.24) is 14.9 Å². The number of carbonyl (C=O) groups is 1. The average molecular weight is 312 g/mol. The molecule has 4 aliphatic carbocycles. The maximum absolute atomic E-state index is 13.1. The maximum Gasteiger partial charge on any atom is 0.228 e. The van der Waals surface area contributed by atoms with Crippen molar-refractivity contribution >= 4 is 11.9 Å². The largest absolute Gasteiger partial charge is 0.348 e. The first-order valence-corrected chi connectivity index (χ1v) is 9.03. The van der Waals surface area contributed by atoms with E-state index in [0.717, 1.165) is 50.1 Å². The molecule has 1 aromatic heterocycles. The highest BCUT2D eigenvalue weighted by atomic mass is 16.2. The second-order valence-electron chi connectivity index (χ2n) is 8.32. The maximum atomic E-state index is 13.1. The molecule has 122 valence electrons. The smallest absolute Gasteiger partial charge is 0.228 e. The monoisotopic (exact) mass is 312 g/mol. The van der Waals surface area contributed by atoms with Crippen LogP contribution in [0.2, 0.25) is 0 Å². The zero-order valence-corrected chi connectivity index (χ0v) is 13.4. The molecule has 5 heteroatoms. The number of aromatic nitrogens is 2. The molecule has 0 spiro atoms. The van der Waals surface area contributed by atoms with Crippen LogP contribution in [0.15, 0.2) is 18.5 Å². The quantitative estimate of drug-likeness (QED) is 0.930. The van der Waals surface area contributed by atoms with Crippen LogP contribution in [0, 0.1) is 23.2 Å². The van der Waals surface area contributed by atoms with Crippen molar-refractivity contribution in [3.8, 4) is 0 Å². The van der Waals surface area contributed by atoms with Crippen molar-refractivity contribution in [2.45, 2.75) is 44.6 Å². The summed E-state index contributed by atoms with van der Waals surface area (Å²) in [6.45, 7) is 1.61.